The molecule has 0 spiro atoms. The van der Waals surface area contributed by atoms with E-state index in [-0.39, 0.29) is 0 Å². The number of aliphatic imine (C=N–C) groups is 1. The van der Waals surface area contributed by atoms with E-state index in [9.17, 15) is 0 Å². The van der Waals surface area contributed by atoms with Crippen LogP contribution in [0.5, 0.6) is 0 Å². The second-order valence-corrected chi connectivity index (χ2v) is 6.83. The molecule has 136 valence electrons. The van der Waals surface area contributed by atoms with Crippen LogP contribution < -0.4 is 10.6 Å². The first-order chi connectivity index (χ1) is 12.3. The van der Waals surface area contributed by atoms with Crippen LogP contribution in [-0.2, 0) is 13.1 Å². The molecule has 6 heteroatoms. The van der Waals surface area contributed by atoms with Crippen LogP contribution in [0.25, 0.3) is 0 Å². The molecule has 0 unspecified atom stereocenters. The third kappa shape index (κ3) is 7.65. The van der Waals surface area contributed by atoms with Crippen molar-refractivity contribution in [3.63, 3.8) is 0 Å². The average Bonchev–Trinajstić information content (AvgIpc) is 3.13. The van der Waals surface area contributed by atoms with Crippen molar-refractivity contribution in [1.29, 1.82) is 0 Å². The van der Waals surface area contributed by atoms with Gasteiger partial charge in [-0.05, 0) is 49.0 Å². The van der Waals surface area contributed by atoms with E-state index >= 15 is 0 Å². The number of nitrogens with one attached hydrogen (secondary N) is 2. The van der Waals surface area contributed by atoms with Crippen molar-refractivity contribution in [1.82, 2.24) is 20.4 Å². The van der Waals surface area contributed by atoms with Crippen LogP contribution in [0.2, 0.25) is 0 Å². The number of thioether (sulfide) groups is 1. The van der Waals surface area contributed by atoms with E-state index in [0.29, 0.717) is 6.54 Å². The van der Waals surface area contributed by atoms with Crippen molar-refractivity contribution >= 4 is 17.7 Å². The molecule has 0 atom stereocenters. The maximum atomic E-state index is 4.71. The molecular formula is C19H29N5S. The van der Waals surface area contributed by atoms with Crippen molar-refractivity contribution < 1.29 is 0 Å². The van der Waals surface area contributed by atoms with Crippen LogP contribution >= 0.6 is 11.8 Å². The van der Waals surface area contributed by atoms with Gasteiger partial charge in [0.2, 0.25) is 0 Å². The van der Waals surface area contributed by atoms with Crippen molar-refractivity contribution in [2.45, 2.75) is 32.9 Å². The number of nitrogens with zero attached hydrogens (tertiary/aromatic N) is 3. The normalized spacial score (nSPS) is 11.5. The molecule has 2 aromatic rings. The summed E-state index contributed by atoms with van der Waals surface area (Å²) in [5.74, 6) is 2.11. The van der Waals surface area contributed by atoms with Crippen molar-refractivity contribution in [2.24, 2.45) is 4.99 Å². The molecule has 0 aliphatic heterocycles. The predicted octanol–water partition coefficient (Wildman–Crippen LogP) is 3.13. The molecule has 0 bridgehead atoms. The van der Waals surface area contributed by atoms with Gasteiger partial charge >= 0.3 is 0 Å². The van der Waals surface area contributed by atoms with Crippen molar-refractivity contribution in [3.05, 3.63) is 53.9 Å². The highest BCUT2D eigenvalue weighted by atomic mass is 32.2. The van der Waals surface area contributed by atoms with Gasteiger partial charge in [0.25, 0.3) is 0 Å². The van der Waals surface area contributed by atoms with Gasteiger partial charge < -0.3 is 10.6 Å². The molecule has 1 aromatic carbocycles. The lowest BCUT2D eigenvalue weighted by Crippen LogP contribution is -2.37. The number of aromatic nitrogens is 2. The molecule has 2 N–H and O–H groups in total. The molecule has 0 aliphatic carbocycles. The molecule has 0 saturated carbocycles. The Bertz CT molecular complexity index is 625. The topological polar surface area (TPSA) is 54.2 Å². The first kappa shape index (κ1) is 19.4. The van der Waals surface area contributed by atoms with E-state index in [1.54, 1.807) is 0 Å². The largest absolute Gasteiger partial charge is 0.357 e. The molecule has 0 amide bonds. The Morgan fingerprint density at radius 2 is 2.08 bits per heavy atom. The van der Waals surface area contributed by atoms with Gasteiger partial charge in [-0.25, -0.2) is 4.99 Å². The zero-order chi connectivity index (χ0) is 17.7. The molecule has 1 heterocycles. The Kier molecular flexibility index (Phi) is 8.97. The third-order valence-electron chi connectivity index (χ3n) is 3.73. The Hall–Kier alpha value is -1.95. The molecule has 5 nitrogen and oxygen atoms in total. The lowest BCUT2D eigenvalue weighted by molar-refractivity contribution is 0.686. The number of unbranched alkanes of at least 4 members (excludes halogenated alkanes) is 1. The minimum absolute atomic E-state index is 0.674. The van der Waals surface area contributed by atoms with Gasteiger partial charge in [0.1, 0.15) is 0 Å². The summed E-state index contributed by atoms with van der Waals surface area (Å²) in [7, 11) is 0. The number of guanidine groups is 1. The lowest BCUT2D eigenvalue weighted by atomic mass is 10.1. The molecule has 0 fully saturated rings. The summed E-state index contributed by atoms with van der Waals surface area (Å²) in [6.07, 6.45) is 8.35. The predicted molar refractivity (Wildman–Crippen MR) is 108 cm³/mol. The van der Waals surface area contributed by atoms with Crippen LogP contribution in [0.3, 0.4) is 0 Å². The summed E-state index contributed by atoms with van der Waals surface area (Å²) in [5, 5.41) is 11.0. The van der Waals surface area contributed by atoms with Gasteiger partial charge in [-0.3, -0.25) is 4.68 Å². The molecule has 25 heavy (non-hydrogen) atoms. The van der Waals surface area contributed by atoms with Crippen LogP contribution in [-0.4, -0.2) is 40.8 Å². The first-order valence-electron chi connectivity index (χ1n) is 8.88. The van der Waals surface area contributed by atoms with Crippen LogP contribution in [0.15, 0.2) is 47.7 Å². The molecule has 0 aliphatic rings. The highest BCUT2D eigenvalue weighted by molar-refractivity contribution is 7.98. The second kappa shape index (κ2) is 11.6. The highest BCUT2D eigenvalue weighted by Crippen LogP contribution is 2.08. The van der Waals surface area contributed by atoms with Crippen LogP contribution in [0.4, 0.5) is 0 Å². The summed E-state index contributed by atoms with van der Waals surface area (Å²) >= 11 is 1.90. The van der Waals surface area contributed by atoms with E-state index in [0.717, 1.165) is 25.6 Å². The zero-order valence-electron chi connectivity index (χ0n) is 15.2. The minimum atomic E-state index is 0.674. The number of hydrogen-bond donors (Lipinski definition) is 2. The van der Waals surface area contributed by atoms with Crippen LogP contribution in [0.1, 0.15) is 30.9 Å². The first-order valence-corrected chi connectivity index (χ1v) is 10.3. The number of benzene rings is 1. The highest BCUT2D eigenvalue weighted by Gasteiger charge is 2.00. The van der Waals surface area contributed by atoms with E-state index in [2.05, 4.69) is 53.2 Å². The zero-order valence-corrected chi connectivity index (χ0v) is 16.1. The monoisotopic (exact) mass is 359 g/mol. The maximum Gasteiger partial charge on any atom is 0.191 e. The number of hydrogen-bond acceptors (Lipinski definition) is 3. The summed E-state index contributed by atoms with van der Waals surface area (Å²) < 4.78 is 1.93. The SMILES string of the molecule is CCNC(=NCc1cccc(Cn2cccn2)c1)NCCCCSC. The van der Waals surface area contributed by atoms with Crippen molar-refractivity contribution in [3.8, 4) is 0 Å². The Morgan fingerprint density at radius 3 is 2.84 bits per heavy atom. The van der Waals surface area contributed by atoms with Crippen LogP contribution in [0, 0.1) is 0 Å². The van der Waals surface area contributed by atoms with Crippen molar-refractivity contribution in [2.75, 3.05) is 25.1 Å². The lowest BCUT2D eigenvalue weighted by Gasteiger charge is -2.11. The minimum Gasteiger partial charge on any atom is -0.357 e. The third-order valence-corrected chi connectivity index (χ3v) is 4.42. The van der Waals surface area contributed by atoms with E-state index in [1.807, 2.05) is 34.9 Å². The van der Waals surface area contributed by atoms with E-state index in [1.165, 1.54) is 29.7 Å². The number of rotatable bonds is 10. The molecule has 2 rings (SSSR count). The maximum absolute atomic E-state index is 4.71. The molecule has 0 saturated heterocycles. The second-order valence-electron chi connectivity index (χ2n) is 5.85. The quantitative estimate of drug-likeness (QED) is 0.389. The smallest absolute Gasteiger partial charge is 0.191 e. The van der Waals surface area contributed by atoms with Gasteiger partial charge in [0.15, 0.2) is 5.96 Å². The summed E-state index contributed by atoms with van der Waals surface area (Å²) in [5.41, 5.74) is 2.45. The fourth-order valence-corrected chi connectivity index (χ4v) is 2.99. The fraction of sp³-hybridized carbons (Fsp3) is 0.474. The summed E-state index contributed by atoms with van der Waals surface area (Å²) in [6, 6.07) is 10.5. The van der Waals surface area contributed by atoms with E-state index < -0.39 is 0 Å². The van der Waals surface area contributed by atoms with Gasteiger partial charge in [0.05, 0.1) is 13.1 Å². The Morgan fingerprint density at radius 1 is 1.20 bits per heavy atom. The molecule has 0 radical (unpaired) electrons. The Labute approximate surface area is 155 Å². The molecular weight excluding hydrogens is 330 g/mol. The fourth-order valence-electron chi connectivity index (χ4n) is 2.50. The van der Waals surface area contributed by atoms with E-state index in [4.69, 9.17) is 4.99 Å². The average molecular weight is 360 g/mol. The summed E-state index contributed by atoms with van der Waals surface area (Å²) in [6.45, 7) is 5.39. The summed E-state index contributed by atoms with van der Waals surface area (Å²) in [4.78, 5) is 4.71. The Balaban J connectivity index is 1.87. The molecule has 1 aromatic heterocycles. The van der Waals surface area contributed by atoms with Gasteiger partial charge in [-0.1, -0.05) is 24.3 Å². The van der Waals surface area contributed by atoms with Gasteiger partial charge in [0, 0.05) is 25.5 Å². The standard InChI is InChI=1S/C19H29N5S/c1-3-20-19(21-10-4-5-13-25-2)22-15-17-8-6-9-18(14-17)16-24-12-7-11-23-24/h6-9,11-12,14H,3-5,10,13,15-16H2,1-2H3,(H2,20,21,22). The van der Waals surface area contributed by atoms with Gasteiger partial charge in [-0.2, -0.15) is 16.9 Å². The van der Waals surface area contributed by atoms with Gasteiger partial charge in [-0.15, -0.1) is 0 Å².